The first kappa shape index (κ1) is 18.1. The van der Waals surface area contributed by atoms with Crippen LogP contribution in [0.2, 0.25) is 0 Å². The summed E-state index contributed by atoms with van der Waals surface area (Å²) >= 11 is 0. The fraction of sp³-hybridized carbons (Fsp3) is 0.375. The topological polar surface area (TPSA) is 64.0 Å². The molecule has 0 unspecified atom stereocenters. The predicted molar refractivity (Wildman–Crippen MR) is 113 cm³/mol. The van der Waals surface area contributed by atoms with E-state index in [-0.39, 0.29) is 22.9 Å². The second-order valence-electron chi connectivity index (χ2n) is 8.37. The lowest BCUT2D eigenvalue weighted by Gasteiger charge is -2.17. The summed E-state index contributed by atoms with van der Waals surface area (Å²) in [7, 11) is 0. The number of aromatic nitrogens is 2. The Bertz CT molecular complexity index is 1110. The van der Waals surface area contributed by atoms with Crippen LogP contribution in [0.25, 0.3) is 10.9 Å². The molecular formula is C24H25N3O2. The third-order valence-corrected chi connectivity index (χ3v) is 6.23. The number of hydrogen-bond donors (Lipinski definition) is 1. The number of hydrogen-bond acceptors (Lipinski definition) is 3. The number of benzene rings is 2. The largest absolute Gasteiger partial charge is 0.355 e. The number of para-hydroxylation sites is 1. The molecule has 1 heterocycles. The second kappa shape index (κ2) is 7.14. The highest BCUT2D eigenvalue weighted by molar-refractivity contribution is 5.78. The Kier molecular flexibility index (Phi) is 4.46. The highest BCUT2D eigenvalue weighted by atomic mass is 16.1. The molecule has 2 aliphatic carbocycles. The molecule has 0 bridgehead atoms. The average molecular weight is 387 g/mol. The molecular weight excluding hydrogens is 362 g/mol. The lowest BCUT2D eigenvalue weighted by atomic mass is 9.96. The standard InChI is InChI=1S/C24H25N3O2/c28-22(25-16-24(14-15-24)17-6-2-1-3-7-17)13-12-21-26-20-9-5-4-8-19(20)23(29)27(21)18-10-11-18/h1-9,18H,10-16H2,(H,25,28). The van der Waals surface area contributed by atoms with Gasteiger partial charge in [0, 0.05) is 30.8 Å². The molecule has 2 fully saturated rings. The molecule has 148 valence electrons. The molecule has 2 aliphatic rings. The van der Waals surface area contributed by atoms with Crippen molar-refractivity contribution in [2.24, 2.45) is 0 Å². The van der Waals surface area contributed by atoms with E-state index >= 15 is 0 Å². The molecule has 1 aromatic heterocycles. The Hall–Kier alpha value is -2.95. The molecule has 5 heteroatoms. The van der Waals surface area contributed by atoms with E-state index in [1.165, 1.54) is 5.56 Å². The van der Waals surface area contributed by atoms with Crippen molar-refractivity contribution in [1.82, 2.24) is 14.9 Å². The number of carbonyl (C=O) groups is 1. The van der Waals surface area contributed by atoms with Crippen molar-refractivity contribution >= 4 is 16.8 Å². The highest BCUT2D eigenvalue weighted by Crippen LogP contribution is 2.47. The number of nitrogens with zero attached hydrogens (tertiary/aromatic N) is 2. The van der Waals surface area contributed by atoms with Crippen molar-refractivity contribution in [2.45, 2.75) is 50.0 Å². The van der Waals surface area contributed by atoms with Crippen LogP contribution in [0.5, 0.6) is 0 Å². The van der Waals surface area contributed by atoms with Crippen molar-refractivity contribution in [1.29, 1.82) is 0 Å². The lowest BCUT2D eigenvalue weighted by Crippen LogP contribution is -2.33. The summed E-state index contributed by atoms with van der Waals surface area (Å²) < 4.78 is 1.82. The van der Waals surface area contributed by atoms with Gasteiger partial charge in [0.05, 0.1) is 10.9 Å². The molecule has 1 N–H and O–H groups in total. The minimum absolute atomic E-state index is 0.0227. The number of carbonyl (C=O) groups excluding carboxylic acids is 1. The first-order chi connectivity index (χ1) is 14.2. The number of fused-ring (bicyclic) bond motifs is 1. The first-order valence-corrected chi connectivity index (χ1v) is 10.5. The van der Waals surface area contributed by atoms with Gasteiger partial charge in [0.15, 0.2) is 0 Å². The molecule has 0 atom stereocenters. The summed E-state index contributed by atoms with van der Waals surface area (Å²) in [5, 5.41) is 3.77. The monoisotopic (exact) mass is 387 g/mol. The quantitative estimate of drug-likeness (QED) is 0.675. The number of aryl methyl sites for hydroxylation is 1. The van der Waals surface area contributed by atoms with Crippen LogP contribution in [0.4, 0.5) is 0 Å². The molecule has 0 saturated heterocycles. The summed E-state index contributed by atoms with van der Waals surface area (Å²) in [6.07, 6.45) is 5.09. The van der Waals surface area contributed by atoms with Crippen molar-refractivity contribution in [3.63, 3.8) is 0 Å². The van der Waals surface area contributed by atoms with Crippen LogP contribution in [0.3, 0.4) is 0 Å². The fourth-order valence-electron chi connectivity index (χ4n) is 4.17. The number of amides is 1. The van der Waals surface area contributed by atoms with Gasteiger partial charge in [-0.25, -0.2) is 4.98 Å². The van der Waals surface area contributed by atoms with Gasteiger partial charge < -0.3 is 5.32 Å². The van der Waals surface area contributed by atoms with E-state index in [1.54, 1.807) is 0 Å². The molecule has 2 aromatic carbocycles. The van der Waals surface area contributed by atoms with E-state index in [0.29, 0.717) is 30.3 Å². The maximum atomic E-state index is 12.9. The Morgan fingerprint density at radius 1 is 1.07 bits per heavy atom. The molecule has 5 nitrogen and oxygen atoms in total. The Morgan fingerprint density at radius 3 is 2.52 bits per heavy atom. The number of rotatable bonds is 7. The maximum Gasteiger partial charge on any atom is 0.261 e. The van der Waals surface area contributed by atoms with Crippen LogP contribution in [0.15, 0.2) is 59.4 Å². The number of nitrogens with one attached hydrogen (secondary N) is 1. The summed E-state index contributed by atoms with van der Waals surface area (Å²) in [5.41, 5.74) is 2.15. The molecule has 1 amide bonds. The molecule has 0 radical (unpaired) electrons. The SMILES string of the molecule is O=C(CCc1nc2ccccc2c(=O)n1C1CC1)NCC1(c2ccccc2)CC1. The van der Waals surface area contributed by atoms with Gasteiger partial charge in [-0.05, 0) is 43.4 Å². The summed E-state index contributed by atoms with van der Waals surface area (Å²) in [5.74, 6) is 0.757. The van der Waals surface area contributed by atoms with E-state index in [2.05, 4.69) is 29.6 Å². The molecule has 0 spiro atoms. The van der Waals surface area contributed by atoms with Gasteiger partial charge in [-0.3, -0.25) is 14.2 Å². The van der Waals surface area contributed by atoms with Gasteiger partial charge in [-0.2, -0.15) is 0 Å². The van der Waals surface area contributed by atoms with Crippen molar-refractivity contribution < 1.29 is 4.79 Å². The highest BCUT2D eigenvalue weighted by Gasteiger charge is 2.44. The van der Waals surface area contributed by atoms with Crippen LogP contribution in [0.1, 0.15) is 49.5 Å². The maximum absolute atomic E-state index is 12.9. The third kappa shape index (κ3) is 3.57. The van der Waals surface area contributed by atoms with Crippen molar-refractivity contribution in [2.75, 3.05) is 6.54 Å². The van der Waals surface area contributed by atoms with E-state index in [0.717, 1.165) is 31.5 Å². The summed E-state index contributed by atoms with van der Waals surface area (Å²) in [6.45, 7) is 0.677. The third-order valence-electron chi connectivity index (χ3n) is 6.23. The summed E-state index contributed by atoms with van der Waals surface area (Å²) in [6, 6.07) is 18.1. The van der Waals surface area contributed by atoms with Crippen LogP contribution < -0.4 is 10.9 Å². The van der Waals surface area contributed by atoms with E-state index < -0.39 is 0 Å². The van der Waals surface area contributed by atoms with Crippen LogP contribution in [-0.2, 0) is 16.6 Å². The smallest absolute Gasteiger partial charge is 0.261 e. The molecule has 2 saturated carbocycles. The Morgan fingerprint density at radius 2 is 1.79 bits per heavy atom. The van der Waals surface area contributed by atoms with Gasteiger partial charge in [-0.15, -0.1) is 0 Å². The van der Waals surface area contributed by atoms with Gasteiger partial charge in [0.25, 0.3) is 5.56 Å². The average Bonchev–Trinajstić information content (AvgIpc) is 3.67. The summed E-state index contributed by atoms with van der Waals surface area (Å²) in [4.78, 5) is 30.2. The first-order valence-electron chi connectivity index (χ1n) is 10.5. The van der Waals surface area contributed by atoms with Crippen LogP contribution >= 0.6 is 0 Å². The molecule has 5 rings (SSSR count). The zero-order valence-corrected chi connectivity index (χ0v) is 16.4. The van der Waals surface area contributed by atoms with E-state index in [1.807, 2.05) is 34.9 Å². The van der Waals surface area contributed by atoms with Crippen molar-refractivity contribution in [3.05, 3.63) is 76.3 Å². The zero-order chi connectivity index (χ0) is 19.8. The predicted octanol–water partition coefficient (Wildman–Crippen LogP) is 3.51. The van der Waals surface area contributed by atoms with E-state index in [4.69, 9.17) is 4.98 Å². The fourth-order valence-corrected chi connectivity index (χ4v) is 4.17. The van der Waals surface area contributed by atoms with Gasteiger partial charge in [-0.1, -0.05) is 42.5 Å². The van der Waals surface area contributed by atoms with Gasteiger partial charge in [0.2, 0.25) is 5.91 Å². The zero-order valence-electron chi connectivity index (χ0n) is 16.4. The molecule has 0 aliphatic heterocycles. The Labute approximate surface area is 169 Å². The Balaban J connectivity index is 1.28. The minimum atomic E-state index is 0.0227. The van der Waals surface area contributed by atoms with Crippen LogP contribution in [0, 0.1) is 0 Å². The van der Waals surface area contributed by atoms with Crippen LogP contribution in [-0.4, -0.2) is 22.0 Å². The van der Waals surface area contributed by atoms with Gasteiger partial charge >= 0.3 is 0 Å². The van der Waals surface area contributed by atoms with Crippen molar-refractivity contribution in [3.8, 4) is 0 Å². The lowest BCUT2D eigenvalue weighted by molar-refractivity contribution is -0.121. The molecule has 3 aromatic rings. The second-order valence-corrected chi connectivity index (χ2v) is 8.37. The molecule has 29 heavy (non-hydrogen) atoms. The van der Waals surface area contributed by atoms with E-state index in [9.17, 15) is 9.59 Å². The van der Waals surface area contributed by atoms with Gasteiger partial charge in [0.1, 0.15) is 5.82 Å². The minimum Gasteiger partial charge on any atom is -0.355 e. The normalized spacial score (nSPS) is 17.2.